The number of rotatable bonds is 6. The zero-order valence-electron chi connectivity index (χ0n) is 11.9. The zero-order chi connectivity index (χ0) is 13.5. The molecule has 2 unspecified atom stereocenters. The van der Waals surface area contributed by atoms with E-state index in [1.54, 1.807) is 6.20 Å². The first kappa shape index (κ1) is 14.7. The molecule has 0 aromatic carbocycles. The van der Waals surface area contributed by atoms with Crippen LogP contribution in [0.25, 0.3) is 0 Å². The van der Waals surface area contributed by atoms with Crippen molar-refractivity contribution in [2.45, 2.75) is 44.4 Å². The third-order valence-corrected chi connectivity index (χ3v) is 4.88. The highest BCUT2D eigenvalue weighted by atomic mass is 32.2. The second kappa shape index (κ2) is 7.75. The quantitative estimate of drug-likeness (QED) is 0.866. The van der Waals surface area contributed by atoms with E-state index >= 15 is 0 Å². The third kappa shape index (κ3) is 4.11. The number of nitrogens with one attached hydrogen (secondary N) is 1. The van der Waals surface area contributed by atoms with Gasteiger partial charge in [0, 0.05) is 17.5 Å². The van der Waals surface area contributed by atoms with Gasteiger partial charge in [-0.2, -0.15) is 11.8 Å². The van der Waals surface area contributed by atoms with Crippen molar-refractivity contribution in [2.75, 3.05) is 18.9 Å². The topological polar surface area (TPSA) is 34.2 Å². The predicted octanol–water partition coefficient (Wildman–Crippen LogP) is 3.42. The summed E-state index contributed by atoms with van der Waals surface area (Å²) in [6.45, 7) is 5.85. The standard InChI is InChI=1S/C15H24N2OS/c1-3-17-15(14-7-5-6-8-19-14)12-9-13(18-4-2)11-16-10-12/h9-11,14-15,17H,3-8H2,1-2H3. The Bertz CT molecular complexity index is 380. The first-order chi connectivity index (χ1) is 9.35. The second-order valence-electron chi connectivity index (χ2n) is 4.83. The molecule has 0 bridgehead atoms. The maximum atomic E-state index is 5.57. The van der Waals surface area contributed by atoms with Crippen LogP contribution >= 0.6 is 11.8 Å². The SMILES string of the molecule is CCNC(c1cncc(OCC)c1)C1CCCCS1. The lowest BCUT2D eigenvalue weighted by Crippen LogP contribution is -2.31. The van der Waals surface area contributed by atoms with Crippen LogP contribution in [0.2, 0.25) is 0 Å². The van der Waals surface area contributed by atoms with Gasteiger partial charge in [0.15, 0.2) is 0 Å². The van der Waals surface area contributed by atoms with Crippen molar-refractivity contribution in [3.63, 3.8) is 0 Å². The van der Waals surface area contributed by atoms with Crippen molar-refractivity contribution >= 4 is 11.8 Å². The van der Waals surface area contributed by atoms with Crippen LogP contribution in [0, 0.1) is 0 Å². The van der Waals surface area contributed by atoms with E-state index in [1.807, 2.05) is 13.1 Å². The van der Waals surface area contributed by atoms with E-state index in [4.69, 9.17) is 4.74 Å². The van der Waals surface area contributed by atoms with Gasteiger partial charge in [-0.25, -0.2) is 0 Å². The average molecular weight is 280 g/mol. The molecule has 1 saturated heterocycles. The van der Waals surface area contributed by atoms with Gasteiger partial charge in [0.1, 0.15) is 5.75 Å². The Kier molecular flexibility index (Phi) is 5.98. The van der Waals surface area contributed by atoms with E-state index in [-0.39, 0.29) is 0 Å². The van der Waals surface area contributed by atoms with Crippen LogP contribution in [0.3, 0.4) is 0 Å². The Hall–Kier alpha value is -0.740. The number of nitrogens with zero attached hydrogens (tertiary/aromatic N) is 1. The Morgan fingerprint density at radius 1 is 1.42 bits per heavy atom. The minimum atomic E-state index is 0.392. The molecule has 1 N–H and O–H groups in total. The van der Waals surface area contributed by atoms with Gasteiger partial charge in [-0.1, -0.05) is 13.3 Å². The minimum Gasteiger partial charge on any atom is -0.492 e. The number of pyridine rings is 1. The lowest BCUT2D eigenvalue weighted by Gasteiger charge is -2.30. The molecule has 0 saturated carbocycles. The van der Waals surface area contributed by atoms with E-state index in [1.165, 1.54) is 30.6 Å². The summed E-state index contributed by atoms with van der Waals surface area (Å²) in [4.78, 5) is 4.33. The van der Waals surface area contributed by atoms with Gasteiger partial charge in [-0.15, -0.1) is 0 Å². The van der Waals surface area contributed by atoms with Crippen LogP contribution in [0.4, 0.5) is 0 Å². The predicted molar refractivity (Wildman–Crippen MR) is 81.9 cm³/mol. The molecule has 2 heterocycles. The zero-order valence-corrected chi connectivity index (χ0v) is 12.7. The second-order valence-corrected chi connectivity index (χ2v) is 6.17. The van der Waals surface area contributed by atoms with E-state index in [2.05, 4.69) is 35.1 Å². The van der Waals surface area contributed by atoms with Crippen LogP contribution in [0.5, 0.6) is 5.75 Å². The number of hydrogen-bond donors (Lipinski definition) is 1. The summed E-state index contributed by atoms with van der Waals surface area (Å²) in [6.07, 6.45) is 7.77. The molecule has 0 amide bonds. The van der Waals surface area contributed by atoms with Gasteiger partial charge >= 0.3 is 0 Å². The molecular formula is C15H24N2OS. The van der Waals surface area contributed by atoms with Crippen molar-refractivity contribution in [3.8, 4) is 5.75 Å². The van der Waals surface area contributed by atoms with Gasteiger partial charge in [0.25, 0.3) is 0 Å². The summed E-state index contributed by atoms with van der Waals surface area (Å²) in [5, 5.41) is 4.28. The van der Waals surface area contributed by atoms with Crippen LogP contribution in [0.1, 0.15) is 44.7 Å². The summed E-state index contributed by atoms with van der Waals surface area (Å²) in [5.41, 5.74) is 1.26. The Balaban J connectivity index is 2.14. The van der Waals surface area contributed by atoms with Crippen molar-refractivity contribution in [2.24, 2.45) is 0 Å². The fraction of sp³-hybridized carbons (Fsp3) is 0.667. The molecule has 2 atom stereocenters. The average Bonchev–Trinajstić information content (AvgIpc) is 2.46. The maximum absolute atomic E-state index is 5.57. The normalized spacial score (nSPS) is 21.1. The van der Waals surface area contributed by atoms with Crippen molar-refractivity contribution < 1.29 is 4.74 Å². The van der Waals surface area contributed by atoms with Crippen LogP contribution in [-0.2, 0) is 0 Å². The molecule has 1 aromatic rings. The van der Waals surface area contributed by atoms with Crippen molar-refractivity contribution in [3.05, 3.63) is 24.0 Å². The number of hydrogen-bond acceptors (Lipinski definition) is 4. The smallest absolute Gasteiger partial charge is 0.137 e. The molecule has 1 aliphatic heterocycles. The molecule has 106 valence electrons. The van der Waals surface area contributed by atoms with Gasteiger partial charge < -0.3 is 10.1 Å². The highest BCUT2D eigenvalue weighted by Gasteiger charge is 2.25. The maximum Gasteiger partial charge on any atom is 0.137 e. The molecule has 0 aliphatic carbocycles. The molecule has 4 heteroatoms. The molecule has 3 nitrogen and oxygen atoms in total. The van der Waals surface area contributed by atoms with Gasteiger partial charge in [0.2, 0.25) is 0 Å². The number of ether oxygens (including phenoxy) is 1. The van der Waals surface area contributed by atoms with Crippen LogP contribution in [-0.4, -0.2) is 29.1 Å². The van der Waals surface area contributed by atoms with Gasteiger partial charge in [-0.3, -0.25) is 4.98 Å². The Morgan fingerprint density at radius 3 is 3.00 bits per heavy atom. The summed E-state index contributed by atoms with van der Waals surface area (Å²) < 4.78 is 5.57. The van der Waals surface area contributed by atoms with Gasteiger partial charge in [0.05, 0.1) is 12.8 Å². The highest BCUT2D eigenvalue weighted by molar-refractivity contribution is 8.00. The first-order valence-corrected chi connectivity index (χ1v) is 8.32. The minimum absolute atomic E-state index is 0.392. The van der Waals surface area contributed by atoms with E-state index in [0.29, 0.717) is 17.9 Å². The summed E-state index contributed by atoms with van der Waals surface area (Å²) in [5.74, 6) is 2.16. The molecule has 1 aliphatic rings. The third-order valence-electron chi connectivity index (χ3n) is 3.42. The number of thioether (sulfide) groups is 1. The molecular weight excluding hydrogens is 256 g/mol. The molecule has 19 heavy (non-hydrogen) atoms. The molecule has 1 fully saturated rings. The Morgan fingerprint density at radius 2 is 2.32 bits per heavy atom. The molecule has 0 spiro atoms. The lowest BCUT2D eigenvalue weighted by atomic mass is 10.0. The summed E-state index contributed by atoms with van der Waals surface area (Å²) in [6, 6.07) is 2.53. The molecule has 1 aromatic heterocycles. The lowest BCUT2D eigenvalue weighted by molar-refractivity contribution is 0.337. The fourth-order valence-electron chi connectivity index (χ4n) is 2.56. The molecule has 0 radical (unpaired) electrons. The number of aromatic nitrogens is 1. The highest BCUT2D eigenvalue weighted by Crippen LogP contribution is 2.35. The van der Waals surface area contributed by atoms with Crippen molar-refractivity contribution in [1.29, 1.82) is 0 Å². The van der Waals surface area contributed by atoms with E-state index in [9.17, 15) is 0 Å². The summed E-state index contributed by atoms with van der Waals surface area (Å²) >= 11 is 2.09. The van der Waals surface area contributed by atoms with Gasteiger partial charge in [-0.05, 0) is 43.7 Å². The van der Waals surface area contributed by atoms with Crippen molar-refractivity contribution in [1.82, 2.24) is 10.3 Å². The van der Waals surface area contributed by atoms with Crippen LogP contribution in [0.15, 0.2) is 18.5 Å². The first-order valence-electron chi connectivity index (χ1n) is 7.27. The monoisotopic (exact) mass is 280 g/mol. The van der Waals surface area contributed by atoms with Crippen LogP contribution < -0.4 is 10.1 Å². The summed E-state index contributed by atoms with van der Waals surface area (Å²) in [7, 11) is 0. The fourth-order valence-corrected chi connectivity index (χ4v) is 4.02. The van der Waals surface area contributed by atoms with E-state index < -0.39 is 0 Å². The largest absolute Gasteiger partial charge is 0.492 e. The van der Waals surface area contributed by atoms with E-state index in [0.717, 1.165) is 12.3 Å². The Labute approximate surface area is 120 Å². The molecule has 2 rings (SSSR count).